The van der Waals surface area contributed by atoms with E-state index in [9.17, 15) is 26.4 Å². The maximum absolute atomic E-state index is 13.3. The van der Waals surface area contributed by atoms with Crippen molar-refractivity contribution in [3.63, 3.8) is 0 Å². The lowest BCUT2D eigenvalue weighted by Crippen LogP contribution is -2.37. The second kappa shape index (κ2) is 11.6. The highest BCUT2D eigenvalue weighted by Gasteiger charge is 2.38. The summed E-state index contributed by atoms with van der Waals surface area (Å²) in [6.07, 6.45) is -2.55. The standard InChI is InChI=1S/C27H28F3N5O5S/c1-33(11-6-12-39-26(36)25-13-19-7-3-5-10-24(19)40-25)22-17-35(41(37,38)18-22)16-21-15-34(32-31-21)14-20-8-2-4-9-23(20)27(28,29)30/h2-5,7-10,13,15,22H,6,11-12,14,16-18H2,1H3. The highest BCUT2D eigenvalue weighted by molar-refractivity contribution is 7.89. The minimum atomic E-state index is -4.50. The molecule has 5 rings (SSSR count). The van der Waals surface area contributed by atoms with Gasteiger partial charge in [0.1, 0.15) is 5.58 Å². The number of benzene rings is 2. The SMILES string of the molecule is CN(CCCOC(=O)c1cc2ccccc2o1)C1CN(Cc2cn(Cc3ccccc3C(F)(F)F)nn2)S(=O)(=O)C1. The third kappa shape index (κ3) is 6.77. The van der Waals surface area contributed by atoms with Gasteiger partial charge >= 0.3 is 12.1 Å². The average molecular weight is 592 g/mol. The third-order valence-corrected chi connectivity index (χ3v) is 8.80. The quantitative estimate of drug-likeness (QED) is 0.202. The number of furan rings is 1. The number of fused-ring (bicyclic) bond motifs is 1. The van der Waals surface area contributed by atoms with E-state index >= 15 is 0 Å². The van der Waals surface area contributed by atoms with E-state index < -0.39 is 27.7 Å². The third-order valence-electron chi connectivity index (χ3n) is 6.93. The number of aromatic nitrogens is 3. The van der Waals surface area contributed by atoms with Gasteiger partial charge in [0, 0.05) is 24.5 Å². The van der Waals surface area contributed by atoms with Crippen LogP contribution in [0.25, 0.3) is 11.0 Å². The lowest BCUT2D eigenvalue weighted by Gasteiger charge is -2.23. The molecule has 0 N–H and O–H groups in total. The molecule has 10 nitrogen and oxygen atoms in total. The van der Waals surface area contributed by atoms with E-state index in [1.165, 1.54) is 33.4 Å². The molecule has 1 fully saturated rings. The molecule has 0 amide bonds. The first-order chi connectivity index (χ1) is 19.5. The van der Waals surface area contributed by atoms with Crippen LogP contribution in [-0.4, -0.2) is 77.1 Å². The molecule has 14 heteroatoms. The van der Waals surface area contributed by atoms with Gasteiger partial charge in [-0.15, -0.1) is 5.10 Å². The smallest absolute Gasteiger partial charge is 0.416 e. The molecule has 3 heterocycles. The zero-order valence-electron chi connectivity index (χ0n) is 22.1. The van der Waals surface area contributed by atoms with Gasteiger partial charge in [-0.1, -0.05) is 41.6 Å². The Balaban J connectivity index is 1.11. The molecule has 4 aromatic rings. The summed E-state index contributed by atoms with van der Waals surface area (Å²) in [5.41, 5.74) is 0.212. The minimum Gasteiger partial charge on any atom is -0.460 e. The molecular weight excluding hydrogens is 563 g/mol. The Hall–Kier alpha value is -3.75. The molecule has 1 aliphatic rings. The number of nitrogens with zero attached hydrogens (tertiary/aromatic N) is 5. The number of sulfonamides is 1. The van der Waals surface area contributed by atoms with Gasteiger partial charge in [-0.05, 0) is 37.2 Å². The Labute approximate surface area is 234 Å². The first-order valence-electron chi connectivity index (χ1n) is 12.9. The Morgan fingerprint density at radius 1 is 1.15 bits per heavy atom. The van der Waals surface area contributed by atoms with Crippen molar-refractivity contribution in [3.8, 4) is 0 Å². The molecule has 1 unspecified atom stereocenters. The number of alkyl halides is 3. The largest absolute Gasteiger partial charge is 0.460 e. The van der Waals surface area contributed by atoms with Gasteiger partial charge in [0.25, 0.3) is 0 Å². The number of para-hydroxylation sites is 1. The van der Waals surface area contributed by atoms with Crippen LogP contribution in [0.1, 0.15) is 33.8 Å². The van der Waals surface area contributed by atoms with Gasteiger partial charge in [-0.25, -0.2) is 17.9 Å². The van der Waals surface area contributed by atoms with Crippen LogP contribution in [0.5, 0.6) is 0 Å². The van der Waals surface area contributed by atoms with Crippen molar-refractivity contribution in [2.45, 2.75) is 31.7 Å². The molecule has 2 aromatic heterocycles. The van der Waals surface area contributed by atoms with Crippen molar-refractivity contribution in [1.29, 1.82) is 0 Å². The zero-order chi connectivity index (χ0) is 29.2. The van der Waals surface area contributed by atoms with Crippen LogP contribution in [0.2, 0.25) is 0 Å². The second-order valence-corrected chi connectivity index (χ2v) is 11.9. The van der Waals surface area contributed by atoms with E-state index in [1.54, 1.807) is 19.2 Å². The van der Waals surface area contributed by atoms with Crippen LogP contribution in [0.3, 0.4) is 0 Å². The lowest BCUT2D eigenvalue weighted by molar-refractivity contribution is -0.138. The monoisotopic (exact) mass is 591 g/mol. The number of hydrogen-bond donors (Lipinski definition) is 0. The van der Waals surface area contributed by atoms with E-state index in [2.05, 4.69) is 10.3 Å². The summed E-state index contributed by atoms with van der Waals surface area (Å²) in [6.45, 7) is 0.673. The van der Waals surface area contributed by atoms with Crippen LogP contribution in [0.15, 0.2) is 65.2 Å². The van der Waals surface area contributed by atoms with Crippen LogP contribution in [0.4, 0.5) is 13.2 Å². The summed E-state index contributed by atoms with van der Waals surface area (Å²) < 4.78 is 79.0. The maximum atomic E-state index is 13.3. The summed E-state index contributed by atoms with van der Waals surface area (Å²) in [5, 5.41) is 8.68. The van der Waals surface area contributed by atoms with Crippen LogP contribution in [-0.2, 0) is 34.0 Å². The van der Waals surface area contributed by atoms with Crippen molar-refractivity contribution in [2.24, 2.45) is 0 Å². The van der Waals surface area contributed by atoms with Crippen LogP contribution >= 0.6 is 0 Å². The normalized spacial score (nSPS) is 17.4. The molecule has 1 aliphatic heterocycles. The van der Waals surface area contributed by atoms with E-state index in [0.717, 1.165) is 11.5 Å². The van der Waals surface area contributed by atoms with Crippen molar-refractivity contribution < 1.29 is 35.5 Å². The van der Waals surface area contributed by atoms with Gasteiger partial charge in [-0.2, -0.15) is 17.5 Å². The molecule has 0 aliphatic carbocycles. The van der Waals surface area contributed by atoms with Gasteiger partial charge < -0.3 is 14.1 Å². The number of carbonyl (C=O) groups excluding carboxylic acids is 1. The molecule has 1 saturated heterocycles. The van der Waals surface area contributed by atoms with E-state index in [4.69, 9.17) is 9.15 Å². The highest BCUT2D eigenvalue weighted by Crippen LogP contribution is 2.32. The Morgan fingerprint density at radius 2 is 1.90 bits per heavy atom. The summed E-state index contributed by atoms with van der Waals surface area (Å²) in [7, 11) is -1.78. The topological polar surface area (TPSA) is 111 Å². The molecule has 0 spiro atoms. The van der Waals surface area contributed by atoms with Crippen molar-refractivity contribution >= 4 is 27.0 Å². The predicted octanol–water partition coefficient (Wildman–Crippen LogP) is 3.78. The molecule has 0 radical (unpaired) electrons. The summed E-state index contributed by atoms with van der Waals surface area (Å²) in [5.74, 6) is -0.526. The first kappa shape index (κ1) is 28.8. The van der Waals surface area contributed by atoms with E-state index in [1.807, 2.05) is 23.1 Å². The predicted molar refractivity (Wildman–Crippen MR) is 142 cm³/mol. The summed E-state index contributed by atoms with van der Waals surface area (Å²) in [4.78, 5) is 14.2. The van der Waals surface area contributed by atoms with Crippen molar-refractivity contribution in [3.05, 3.63) is 83.4 Å². The maximum Gasteiger partial charge on any atom is 0.416 e. The van der Waals surface area contributed by atoms with Gasteiger partial charge in [-0.3, -0.25) is 0 Å². The Bertz CT molecular complexity index is 1600. The Kier molecular flexibility index (Phi) is 8.16. The van der Waals surface area contributed by atoms with Crippen LogP contribution in [0, 0.1) is 0 Å². The summed E-state index contributed by atoms with van der Waals surface area (Å²) in [6, 6.07) is 13.8. The number of rotatable bonds is 10. The number of ether oxygens (including phenoxy) is 1. The fourth-order valence-electron chi connectivity index (χ4n) is 4.77. The molecule has 0 saturated carbocycles. The van der Waals surface area contributed by atoms with Gasteiger partial charge in [0.15, 0.2) is 0 Å². The molecule has 218 valence electrons. The Morgan fingerprint density at radius 3 is 2.68 bits per heavy atom. The second-order valence-electron chi connectivity index (χ2n) is 9.91. The highest BCUT2D eigenvalue weighted by atomic mass is 32.2. The summed E-state index contributed by atoms with van der Waals surface area (Å²) >= 11 is 0. The van der Waals surface area contributed by atoms with E-state index in [-0.39, 0.29) is 49.4 Å². The molecule has 0 bridgehead atoms. The first-order valence-corrected chi connectivity index (χ1v) is 14.5. The number of carbonyl (C=O) groups is 1. The molecular formula is C27H28F3N5O5S. The van der Waals surface area contributed by atoms with Gasteiger partial charge in [0.2, 0.25) is 15.8 Å². The zero-order valence-corrected chi connectivity index (χ0v) is 22.9. The fraction of sp³-hybridized carbons (Fsp3) is 0.370. The molecule has 2 aromatic carbocycles. The number of halogens is 3. The van der Waals surface area contributed by atoms with Crippen molar-refractivity contribution in [1.82, 2.24) is 24.2 Å². The van der Waals surface area contributed by atoms with Gasteiger partial charge in [0.05, 0.1) is 42.9 Å². The molecule has 41 heavy (non-hydrogen) atoms. The number of esters is 1. The van der Waals surface area contributed by atoms with Crippen LogP contribution < -0.4 is 0 Å². The number of hydrogen-bond acceptors (Lipinski definition) is 8. The fourth-order valence-corrected chi connectivity index (χ4v) is 6.56. The van der Waals surface area contributed by atoms with Crippen molar-refractivity contribution in [2.75, 3.05) is 32.5 Å². The van der Waals surface area contributed by atoms with E-state index in [0.29, 0.717) is 24.2 Å². The minimum absolute atomic E-state index is 0.0372. The number of likely N-dealkylation sites (N-methyl/N-ethyl adjacent to an activating group) is 1. The lowest BCUT2D eigenvalue weighted by atomic mass is 10.1. The average Bonchev–Trinajstić information content (AvgIpc) is 3.63. The molecule has 1 atom stereocenters.